The second kappa shape index (κ2) is 6.45. The second-order valence-corrected chi connectivity index (χ2v) is 6.66. The molecule has 0 aliphatic rings. The number of ether oxygens (including phenoxy) is 1. The highest BCUT2D eigenvalue weighted by atomic mass is 127. The number of carbonyl (C=O) groups is 1. The molecule has 0 spiro atoms. The Morgan fingerprint density at radius 1 is 1.30 bits per heavy atom. The van der Waals surface area contributed by atoms with Crippen molar-refractivity contribution in [2.45, 2.75) is 13.5 Å². The first-order valence-corrected chi connectivity index (χ1v) is 8.31. The van der Waals surface area contributed by atoms with Gasteiger partial charge in [0, 0.05) is 8.59 Å². The molecule has 0 fully saturated rings. The number of fused-ring (bicyclic) bond motifs is 1. The van der Waals surface area contributed by atoms with E-state index in [1.165, 1.54) is 7.11 Å². The Morgan fingerprint density at radius 2 is 2.09 bits per heavy atom. The van der Waals surface area contributed by atoms with Crippen LogP contribution in [0, 0.1) is 10.5 Å². The molecule has 0 atom stereocenters. The van der Waals surface area contributed by atoms with Gasteiger partial charge >= 0.3 is 5.97 Å². The number of halogens is 2. The molecule has 0 radical (unpaired) electrons. The molecule has 0 aliphatic carbocycles. The number of hydrogen-bond acceptors (Lipinski definition) is 4. The van der Waals surface area contributed by atoms with E-state index < -0.39 is 5.97 Å². The summed E-state index contributed by atoms with van der Waals surface area (Å²) in [5.41, 5.74) is 2.63. The summed E-state index contributed by atoms with van der Waals surface area (Å²) in [4.78, 5) is 20.3. The Balaban J connectivity index is 2.04. The van der Waals surface area contributed by atoms with Crippen molar-refractivity contribution in [3.63, 3.8) is 0 Å². The number of esters is 1. The van der Waals surface area contributed by atoms with Gasteiger partial charge in [0.15, 0.2) is 11.3 Å². The molecule has 0 bridgehead atoms. The Labute approximate surface area is 151 Å². The molecule has 3 aromatic rings. The summed E-state index contributed by atoms with van der Waals surface area (Å²) < 4.78 is 7.81. The molecule has 0 N–H and O–H groups in total. The van der Waals surface area contributed by atoms with E-state index in [1.54, 1.807) is 6.07 Å². The molecule has 0 saturated heterocycles. The average molecular weight is 442 g/mol. The van der Waals surface area contributed by atoms with Crippen LogP contribution >= 0.6 is 34.2 Å². The highest BCUT2D eigenvalue weighted by Gasteiger charge is 2.14. The molecule has 0 unspecified atom stereocenters. The number of aromatic nitrogens is 3. The van der Waals surface area contributed by atoms with E-state index in [0.717, 1.165) is 25.5 Å². The van der Waals surface area contributed by atoms with Crippen molar-refractivity contribution in [1.29, 1.82) is 0 Å². The van der Waals surface area contributed by atoms with Crippen molar-refractivity contribution in [2.75, 3.05) is 7.11 Å². The number of hydrogen-bond donors (Lipinski definition) is 0. The van der Waals surface area contributed by atoms with Crippen molar-refractivity contribution >= 4 is 51.3 Å². The normalized spacial score (nSPS) is 11.0. The van der Waals surface area contributed by atoms with E-state index in [9.17, 15) is 4.79 Å². The van der Waals surface area contributed by atoms with Crippen molar-refractivity contribution in [3.8, 4) is 0 Å². The molecule has 118 valence electrons. The lowest BCUT2D eigenvalue weighted by molar-refractivity contribution is 0.0594. The van der Waals surface area contributed by atoms with Crippen molar-refractivity contribution < 1.29 is 9.53 Å². The smallest absolute Gasteiger partial charge is 0.356 e. The zero-order chi connectivity index (χ0) is 16.6. The fraction of sp³-hybridized carbons (Fsp3) is 0.188. The average Bonchev–Trinajstić information content (AvgIpc) is 2.84. The minimum atomic E-state index is -0.472. The number of carbonyl (C=O) groups excluding carboxylic acids is 1. The molecule has 7 heteroatoms. The highest BCUT2D eigenvalue weighted by molar-refractivity contribution is 14.1. The van der Waals surface area contributed by atoms with Crippen LogP contribution in [0.1, 0.15) is 21.9 Å². The van der Waals surface area contributed by atoms with Crippen LogP contribution in [0.2, 0.25) is 5.02 Å². The maximum absolute atomic E-state index is 11.6. The fourth-order valence-electron chi connectivity index (χ4n) is 2.36. The first kappa shape index (κ1) is 16.2. The van der Waals surface area contributed by atoms with Crippen molar-refractivity contribution in [2.24, 2.45) is 0 Å². The van der Waals surface area contributed by atoms with E-state index in [-0.39, 0.29) is 5.69 Å². The molecular weight excluding hydrogens is 429 g/mol. The number of benzene rings is 1. The van der Waals surface area contributed by atoms with Crippen molar-refractivity contribution in [1.82, 2.24) is 14.5 Å². The summed E-state index contributed by atoms with van der Waals surface area (Å²) in [6, 6.07) is 9.42. The topological polar surface area (TPSA) is 57.0 Å². The summed E-state index contributed by atoms with van der Waals surface area (Å²) in [6.45, 7) is 2.50. The second-order valence-electron chi connectivity index (χ2n) is 5.01. The van der Waals surface area contributed by atoms with E-state index in [2.05, 4.69) is 32.6 Å². The monoisotopic (exact) mass is 441 g/mol. The van der Waals surface area contributed by atoms with Gasteiger partial charge in [-0.15, -0.1) is 0 Å². The lowest BCUT2D eigenvalue weighted by Crippen LogP contribution is -2.05. The Hall–Kier alpha value is -1.67. The number of imidazole rings is 1. The molecule has 5 nitrogen and oxygen atoms in total. The highest BCUT2D eigenvalue weighted by Crippen LogP contribution is 2.23. The number of methoxy groups -OCH3 is 1. The predicted molar refractivity (Wildman–Crippen MR) is 96.9 cm³/mol. The maximum Gasteiger partial charge on any atom is 0.356 e. The van der Waals surface area contributed by atoms with Gasteiger partial charge in [0.2, 0.25) is 0 Å². The van der Waals surface area contributed by atoms with Gasteiger partial charge in [-0.05, 0) is 59.3 Å². The molecule has 0 aliphatic heterocycles. The predicted octanol–water partition coefficient (Wildman–Crippen LogP) is 3.83. The minimum absolute atomic E-state index is 0.247. The third kappa shape index (κ3) is 3.18. The van der Waals surface area contributed by atoms with Gasteiger partial charge in [-0.1, -0.05) is 17.7 Å². The van der Waals surface area contributed by atoms with Gasteiger partial charge in [-0.3, -0.25) is 0 Å². The molecule has 0 saturated carbocycles. The van der Waals surface area contributed by atoms with Gasteiger partial charge in [0.05, 0.1) is 19.2 Å². The van der Waals surface area contributed by atoms with Crippen LogP contribution in [0.5, 0.6) is 0 Å². The summed E-state index contributed by atoms with van der Waals surface area (Å²) in [6.07, 6.45) is 0. The molecule has 3 rings (SSSR count). The third-order valence-electron chi connectivity index (χ3n) is 3.54. The minimum Gasteiger partial charge on any atom is -0.464 e. The van der Waals surface area contributed by atoms with Crippen LogP contribution < -0.4 is 0 Å². The van der Waals surface area contributed by atoms with Crippen LogP contribution in [0.3, 0.4) is 0 Å². The molecule has 23 heavy (non-hydrogen) atoms. The summed E-state index contributed by atoms with van der Waals surface area (Å²) >= 11 is 8.55. The van der Waals surface area contributed by atoms with Gasteiger partial charge in [0.25, 0.3) is 0 Å². The zero-order valence-electron chi connectivity index (χ0n) is 12.5. The molecular formula is C16H13ClIN3O2. The van der Waals surface area contributed by atoms with Crippen LogP contribution in [-0.4, -0.2) is 27.6 Å². The third-order valence-corrected chi connectivity index (χ3v) is 4.56. The number of aryl methyl sites for hydroxylation is 1. The Morgan fingerprint density at radius 3 is 2.78 bits per heavy atom. The maximum atomic E-state index is 11.6. The number of pyridine rings is 1. The fourth-order valence-corrected chi connectivity index (χ4v) is 3.28. The standard InChI is InChI=1S/C16H13ClIN3O2/c1-9-19-15-14(6-5-13(20-15)16(22)23-2)21(9)8-10-3-4-11(18)7-12(10)17/h3-7H,8H2,1-2H3. The zero-order valence-corrected chi connectivity index (χ0v) is 15.4. The number of rotatable bonds is 3. The van der Waals surface area contributed by atoms with Crippen LogP contribution in [0.15, 0.2) is 30.3 Å². The van der Waals surface area contributed by atoms with Crippen LogP contribution in [0.25, 0.3) is 11.2 Å². The van der Waals surface area contributed by atoms with E-state index in [4.69, 9.17) is 16.3 Å². The van der Waals surface area contributed by atoms with Crippen LogP contribution in [0.4, 0.5) is 0 Å². The quantitative estimate of drug-likeness (QED) is 0.458. The summed E-state index contributed by atoms with van der Waals surface area (Å²) in [5.74, 6) is 0.337. The van der Waals surface area contributed by atoms with Gasteiger partial charge in [-0.2, -0.15) is 0 Å². The first-order chi connectivity index (χ1) is 11.0. The van der Waals surface area contributed by atoms with Gasteiger partial charge in [-0.25, -0.2) is 14.8 Å². The Bertz CT molecular complexity index is 908. The van der Waals surface area contributed by atoms with Crippen LogP contribution in [-0.2, 0) is 11.3 Å². The molecule has 2 heterocycles. The SMILES string of the molecule is COC(=O)c1ccc2c(n1)nc(C)n2Cc1ccc(I)cc1Cl. The van der Waals surface area contributed by atoms with Gasteiger partial charge < -0.3 is 9.30 Å². The lowest BCUT2D eigenvalue weighted by atomic mass is 10.2. The lowest BCUT2D eigenvalue weighted by Gasteiger charge is -2.09. The molecule has 0 amide bonds. The molecule has 2 aromatic heterocycles. The van der Waals surface area contributed by atoms with E-state index >= 15 is 0 Å². The van der Waals surface area contributed by atoms with Gasteiger partial charge in [0.1, 0.15) is 5.82 Å². The summed E-state index contributed by atoms with van der Waals surface area (Å²) in [5, 5.41) is 0.720. The van der Waals surface area contributed by atoms with Crippen molar-refractivity contribution in [3.05, 3.63) is 56.0 Å². The first-order valence-electron chi connectivity index (χ1n) is 6.85. The summed E-state index contributed by atoms with van der Waals surface area (Å²) in [7, 11) is 1.33. The largest absolute Gasteiger partial charge is 0.464 e. The Kier molecular flexibility index (Phi) is 4.54. The number of nitrogens with zero attached hydrogens (tertiary/aromatic N) is 3. The van der Waals surface area contributed by atoms with E-state index in [0.29, 0.717) is 12.2 Å². The molecule has 1 aromatic carbocycles. The van der Waals surface area contributed by atoms with E-state index in [1.807, 2.05) is 35.8 Å².